The standard InChI is InChI=1S/C15H14ClF3N2O/c16-13-4-3-12(15(17,18)19)6-11(13)8-21-9-14(22)10-2-1-5-20-7-10/h1-7,14,21-22H,8-9H2. The second-order valence-electron chi connectivity index (χ2n) is 4.74. The Balaban J connectivity index is 1.97. The Morgan fingerprint density at radius 1 is 1.27 bits per heavy atom. The van der Waals surface area contributed by atoms with E-state index in [0.717, 1.165) is 12.1 Å². The van der Waals surface area contributed by atoms with Gasteiger partial charge in [0.2, 0.25) is 0 Å². The van der Waals surface area contributed by atoms with Crippen molar-refractivity contribution < 1.29 is 18.3 Å². The van der Waals surface area contributed by atoms with E-state index in [1.807, 2.05) is 0 Å². The number of aliphatic hydroxyl groups is 1. The van der Waals surface area contributed by atoms with Gasteiger partial charge in [0.15, 0.2) is 0 Å². The number of halogens is 4. The molecule has 2 rings (SSSR count). The molecule has 0 spiro atoms. The van der Waals surface area contributed by atoms with E-state index in [2.05, 4.69) is 10.3 Å². The summed E-state index contributed by atoms with van der Waals surface area (Å²) in [6.45, 7) is 0.304. The smallest absolute Gasteiger partial charge is 0.387 e. The maximum atomic E-state index is 12.7. The number of nitrogens with zero attached hydrogens (tertiary/aromatic N) is 1. The predicted octanol–water partition coefficient (Wildman–Crippen LogP) is 3.58. The Hall–Kier alpha value is -1.63. The lowest BCUT2D eigenvalue weighted by atomic mass is 10.1. The zero-order chi connectivity index (χ0) is 16.2. The summed E-state index contributed by atoms with van der Waals surface area (Å²) in [4.78, 5) is 3.89. The molecule has 22 heavy (non-hydrogen) atoms. The van der Waals surface area contributed by atoms with Crippen LogP contribution in [0.1, 0.15) is 22.8 Å². The first kappa shape index (κ1) is 16.7. The van der Waals surface area contributed by atoms with Crippen LogP contribution < -0.4 is 5.32 Å². The molecule has 0 fully saturated rings. The van der Waals surface area contributed by atoms with Gasteiger partial charge in [0.05, 0.1) is 11.7 Å². The lowest BCUT2D eigenvalue weighted by Crippen LogP contribution is -2.21. The molecule has 0 aliphatic rings. The second-order valence-corrected chi connectivity index (χ2v) is 5.14. The molecule has 1 aromatic carbocycles. The van der Waals surface area contributed by atoms with Gasteiger partial charge < -0.3 is 10.4 Å². The van der Waals surface area contributed by atoms with Crippen LogP contribution in [-0.2, 0) is 12.7 Å². The van der Waals surface area contributed by atoms with Crippen molar-refractivity contribution in [2.75, 3.05) is 6.54 Å². The van der Waals surface area contributed by atoms with Gasteiger partial charge in [-0.15, -0.1) is 0 Å². The van der Waals surface area contributed by atoms with Gasteiger partial charge in [-0.3, -0.25) is 4.98 Å². The number of aromatic nitrogens is 1. The molecule has 3 nitrogen and oxygen atoms in total. The maximum absolute atomic E-state index is 12.7. The zero-order valence-corrected chi connectivity index (χ0v) is 12.2. The van der Waals surface area contributed by atoms with Crippen LogP contribution in [0, 0.1) is 0 Å². The van der Waals surface area contributed by atoms with E-state index < -0.39 is 17.8 Å². The maximum Gasteiger partial charge on any atom is 0.416 e. The molecule has 0 aliphatic carbocycles. The van der Waals surface area contributed by atoms with E-state index in [1.54, 1.807) is 18.3 Å². The molecular weight excluding hydrogens is 317 g/mol. The van der Waals surface area contributed by atoms with Crippen LogP contribution in [0.5, 0.6) is 0 Å². The highest BCUT2D eigenvalue weighted by atomic mass is 35.5. The first-order chi connectivity index (χ1) is 10.4. The molecule has 2 N–H and O–H groups in total. The van der Waals surface area contributed by atoms with Crippen molar-refractivity contribution in [3.05, 3.63) is 64.4 Å². The number of alkyl halides is 3. The quantitative estimate of drug-likeness (QED) is 0.881. The summed E-state index contributed by atoms with van der Waals surface area (Å²) < 4.78 is 38.0. The Morgan fingerprint density at radius 3 is 2.68 bits per heavy atom. The van der Waals surface area contributed by atoms with E-state index in [9.17, 15) is 18.3 Å². The van der Waals surface area contributed by atoms with Crippen LogP contribution in [-0.4, -0.2) is 16.6 Å². The molecule has 1 heterocycles. The Bertz CT molecular complexity index is 620. The average Bonchev–Trinajstić information content (AvgIpc) is 2.48. The van der Waals surface area contributed by atoms with E-state index >= 15 is 0 Å². The molecule has 0 radical (unpaired) electrons. The monoisotopic (exact) mass is 330 g/mol. The molecule has 7 heteroatoms. The number of rotatable bonds is 5. The highest BCUT2D eigenvalue weighted by molar-refractivity contribution is 6.31. The average molecular weight is 331 g/mol. The van der Waals surface area contributed by atoms with Gasteiger partial charge in [0, 0.05) is 36.1 Å². The van der Waals surface area contributed by atoms with E-state index in [0.29, 0.717) is 11.1 Å². The summed E-state index contributed by atoms with van der Waals surface area (Å²) in [5.41, 5.74) is 0.210. The number of pyridine rings is 1. The van der Waals surface area contributed by atoms with Crippen molar-refractivity contribution in [3.63, 3.8) is 0 Å². The lowest BCUT2D eigenvalue weighted by molar-refractivity contribution is -0.137. The minimum Gasteiger partial charge on any atom is -0.387 e. The SMILES string of the molecule is OC(CNCc1cc(C(F)(F)F)ccc1Cl)c1cccnc1. The van der Waals surface area contributed by atoms with Crippen LogP contribution in [0.25, 0.3) is 0 Å². The first-order valence-electron chi connectivity index (χ1n) is 6.52. The van der Waals surface area contributed by atoms with Gasteiger partial charge in [-0.05, 0) is 29.8 Å². The molecule has 0 bridgehead atoms. The van der Waals surface area contributed by atoms with Crippen LogP contribution >= 0.6 is 11.6 Å². The Kier molecular flexibility index (Phi) is 5.39. The molecular formula is C15H14ClF3N2O. The Labute approximate surface area is 130 Å². The largest absolute Gasteiger partial charge is 0.416 e. The fourth-order valence-electron chi connectivity index (χ4n) is 1.92. The van der Waals surface area contributed by atoms with E-state index in [4.69, 9.17) is 11.6 Å². The number of nitrogens with one attached hydrogen (secondary N) is 1. The van der Waals surface area contributed by atoms with Crippen LogP contribution in [0.4, 0.5) is 13.2 Å². The molecule has 1 aromatic heterocycles. The fourth-order valence-corrected chi connectivity index (χ4v) is 2.11. The highest BCUT2D eigenvalue weighted by Crippen LogP contribution is 2.31. The molecule has 0 aliphatic heterocycles. The minimum atomic E-state index is -4.41. The zero-order valence-electron chi connectivity index (χ0n) is 11.4. The summed E-state index contributed by atoms with van der Waals surface area (Å²) in [5, 5.41) is 13.1. The summed E-state index contributed by atoms with van der Waals surface area (Å²) in [5.74, 6) is 0. The normalized spacial score (nSPS) is 13.1. The molecule has 1 unspecified atom stereocenters. The summed E-state index contributed by atoms with van der Waals surface area (Å²) >= 11 is 5.90. The van der Waals surface area contributed by atoms with Gasteiger partial charge in [-0.1, -0.05) is 17.7 Å². The predicted molar refractivity (Wildman–Crippen MR) is 77.4 cm³/mol. The van der Waals surface area contributed by atoms with Crippen LogP contribution in [0.15, 0.2) is 42.7 Å². The van der Waals surface area contributed by atoms with Gasteiger partial charge in [0.1, 0.15) is 0 Å². The van der Waals surface area contributed by atoms with Crippen LogP contribution in [0.2, 0.25) is 5.02 Å². The van der Waals surface area contributed by atoms with Crippen molar-refractivity contribution in [1.29, 1.82) is 0 Å². The topological polar surface area (TPSA) is 45.1 Å². The minimum absolute atomic E-state index is 0.125. The molecule has 118 valence electrons. The number of benzene rings is 1. The Morgan fingerprint density at radius 2 is 2.05 bits per heavy atom. The molecule has 2 aromatic rings. The third-order valence-corrected chi connectivity index (χ3v) is 3.46. The third kappa shape index (κ3) is 4.43. The van der Waals surface area contributed by atoms with Crippen molar-refractivity contribution in [3.8, 4) is 0 Å². The number of aliphatic hydroxyl groups excluding tert-OH is 1. The number of hydrogen-bond acceptors (Lipinski definition) is 3. The summed E-state index contributed by atoms with van der Waals surface area (Å²) in [6.07, 6.45) is -2.08. The molecule has 0 saturated heterocycles. The molecule has 1 atom stereocenters. The summed E-state index contributed by atoms with van der Waals surface area (Å²) in [6, 6.07) is 6.58. The van der Waals surface area contributed by atoms with Crippen molar-refractivity contribution in [1.82, 2.24) is 10.3 Å². The van der Waals surface area contributed by atoms with Gasteiger partial charge >= 0.3 is 6.18 Å². The van der Waals surface area contributed by atoms with Gasteiger partial charge in [-0.25, -0.2) is 0 Å². The van der Waals surface area contributed by atoms with E-state index in [1.165, 1.54) is 12.3 Å². The molecule has 0 saturated carbocycles. The van der Waals surface area contributed by atoms with Crippen molar-refractivity contribution >= 4 is 11.6 Å². The van der Waals surface area contributed by atoms with Crippen molar-refractivity contribution in [2.45, 2.75) is 18.8 Å². The molecule has 0 amide bonds. The number of hydrogen-bond donors (Lipinski definition) is 2. The fraction of sp³-hybridized carbons (Fsp3) is 0.267. The lowest BCUT2D eigenvalue weighted by Gasteiger charge is -2.14. The third-order valence-electron chi connectivity index (χ3n) is 3.10. The highest BCUT2D eigenvalue weighted by Gasteiger charge is 2.30. The first-order valence-corrected chi connectivity index (χ1v) is 6.90. The van der Waals surface area contributed by atoms with E-state index in [-0.39, 0.29) is 18.1 Å². The van der Waals surface area contributed by atoms with Gasteiger partial charge in [0.25, 0.3) is 0 Å². The second kappa shape index (κ2) is 7.09. The van der Waals surface area contributed by atoms with Crippen molar-refractivity contribution in [2.24, 2.45) is 0 Å². The summed E-state index contributed by atoms with van der Waals surface area (Å²) in [7, 11) is 0. The van der Waals surface area contributed by atoms with Gasteiger partial charge in [-0.2, -0.15) is 13.2 Å². The van der Waals surface area contributed by atoms with Crippen LogP contribution in [0.3, 0.4) is 0 Å².